The maximum absolute atomic E-state index is 12.6. The van der Waals surface area contributed by atoms with Crippen LogP contribution >= 0.6 is 0 Å². The molecule has 2 rings (SSSR count). The number of sulfonamides is 1. The van der Waals surface area contributed by atoms with Gasteiger partial charge in [0.1, 0.15) is 0 Å². The number of aromatic hydroxyl groups is 1. The summed E-state index contributed by atoms with van der Waals surface area (Å²) >= 11 is 0. The first-order valence-electron chi connectivity index (χ1n) is 7.70. The molecule has 0 saturated carbocycles. The lowest BCUT2D eigenvalue weighted by molar-refractivity contribution is 0.287. The fourth-order valence-electron chi connectivity index (χ4n) is 2.17. The van der Waals surface area contributed by atoms with Gasteiger partial charge in [0, 0.05) is 12.1 Å². The zero-order valence-electron chi connectivity index (χ0n) is 14.3. The largest absolute Gasteiger partial charge is 0.504 e. The van der Waals surface area contributed by atoms with Gasteiger partial charge in [-0.1, -0.05) is 0 Å². The first kappa shape index (κ1) is 18.7. The van der Waals surface area contributed by atoms with E-state index in [4.69, 9.17) is 14.2 Å². The van der Waals surface area contributed by atoms with Gasteiger partial charge in [0.15, 0.2) is 23.0 Å². The number of rotatable bonds is 8. The third-order valence-electron chi connectivity index (χ3n) is 3.26. The lowest BCUT2D eigenvalue weighted by atomic mass is 10.3. The van der Waals surface area contributed by atoms with Gasteiger partial charge in [0.2, 0.25) is 0 Å². The molecule has 0 saturated heterocycles. The molecule has 2 aromatic rings. The Morgan fingerprint density at radius 3 is 2.20 bits per heavy atom. The van der Waals surface area contributed by atoms with Crippen LogP contribution in [0.3, 0.4) is 0 Å². The van der Waals surface area contributed by atoms with Crippen molar-refractivity contribution in [2.45, 2.75) is 18.7 Å². The predicted molar refractivity (Wildman–Crippen MR) is 94.2 cm³/mol. The molecule has 0 spiro atoms. The van der Waals surface area contributed by atoms with E-state index >= 15 is 0 Å². The van der Waals surface area contributed by atoms with Gasteiger partial charge in [-0.2, -0.15) is 0 Å². The molecule has 25 heavy (non-hydrogen) atoms. The van der Waals surface area contributed by atoms with Crippen molar-refractivity contribution in [3.63, 3.8) is 0 Å². The number of anilines is 1. The summed E-state index contributed by atoms with van der Waals surface area (Å²) in [5, 5.41) is 9.77. The SMILES string of the molecule is CCOc1ccc(S(=O)(=O)Nc2ccc(OC)c(O)c2)cc1OCC. The molecule has 2 aromatic carbocycles. The Bertz CT molecular complexity index is 835. The fourth-order valence-corrected chi connectivity index (χ4v) is 3.23. The molecule has 0 aliphatic carbocycles. The van der Waals surface area contributed by atoms with Crippen LogP contribution in [0.25, 0.3) is 0 Å². The quantitative estimate of drug-likeness (QED) is 0.745. The fraction of sp³-hybridized carbons (Fsp3) is 0.294. The van der Waals surface area contributed by atoms with Gasteiger partial charge < -0.3 is 19.3 Å². The molecule has 0 amide bonds. The van der Waals surface area contributed by atoms with Gasteiger partial charge in [0.25, 0.3) is 10.0 Å². The second-order valence-electron chi connectivity index (χ2n) is 4.97. The number of phenols is 1. The van der Waals surface area contributed by atoms with Gasteiger partial charge in [-0.05, 0) is 38.1 Å². The standard InChI is InChI=1S/C17H21NO6S/c1-4-23-16-9-7-13(11-17(16)24-5-2)25(20,21)18-12-6-8-15(22-3)14(19)10-12/h6-11,18-19H,4-5H2,1-3H3. The third kappa shape index (κ3) is 4.48. The highest BCUT2D eigenvalue weighted by molar-refractivity contribution is 7.92. The number of methoxy groups -OCH3 is 1. The number of hydrogen-bond acceptors (Lipinski definition) is 6. The summed E-state index contributed by atoms with van der Waals surface area (Å²) in [5.74, 6) is 0.919. The lowest BCUT2D eigenvalue weighted by Gasteiger charge is -2.14. The van der Waals surface area contributed by atoms with Crippen molar-refractivity contribution in [2.24, 2.45) is 0 Å². The van der Waals surface area contributed by atoms with Crippen LogP contribution < -0.4 is 18.9 Å². The highest BCUT2D eigenvalue weighted by atomic mass is 32.2. The maximum atomic E-state index is 12.6. The molecule has 0 aromatic heterocycles. The van der Waals surface area contributed by atoms with Crippen molar-refractivity contribution in [3.8, 4) is 23.0 Å². The monoisotopic (exact) mass is 367 g/mol. The van der Waals surface area contributed by atoms with E-state index in [9.17, 15) is 13.5 Å². The van der Waals surface area contributed by atoms with Crippen LogP contribution in [0, 0.1) is 0 Å². The second kappa shape index (κ2) is 7.98. The van der Waals surface area contributed by atoms with Crippen LogP contribution in [-0.2, 0) is 10.0 Å². The molecule has 0 fully saturated rings. The van der Waals surface area contributed by atoms with Crippen LogP contribution in [0.15, 0.2) is 41.3 Å². The van der Waals surface area contributed by atoms with Gasteiger partial charge in [0.05, 0.1) is 30.9 Å². The molecule has 2 N–H and O–H groups in total. The summed E-state index contributed by atoms with van der Waals surface area (Å²) in [6.45, 7) is 4.45. The average molecular weight is 367 g/mol. The molecule has 0 aliphatic rings. The van der Waals surface area contributed by atoms with E-state index in [1.807, 2.05) is 6.92 Å². The molecule has 0 unspecified atom stereocenters. The molecular formula is C17H21NO6S. The van der Waals surface area contributed by atoms with Crippen molar-refractivity contribution < 1.29 is 27.7 Å². The van der Waals surface area contributed by atoms with E-state index in [2.05, 4.69) is 4.72 Å². The Morgan fingerprint density at radius 2 is 1.60 bits per heavy atom. The lowest BCUT2D eigenvalue weighted by Crippen LogP contribution is -2.13. The van der Waals surface area contributed by atoms with E-state index in [0.717, 1.165) is 0 Å². The summed E-state index contributed by atoms with van der Waals surface area (Å²) in [5.41, 5.74) is 0.213. The van der Waals surface area contributed by atoms with E-state index in [-0.39, 0.29) is 22.1 Å². The summed E-state index contributed by atoms with van der Waals surface area (Å²) in [6, 6.07) is 8.62. The zero-order valence-corrected chi connectivity index (χ0v) is 15.1. The highest BCUT2D eigenvalue weighted by Gasteiger charge is 2.18. The van der Waals surface area contributed by atoms with Gasteiger partial charge in [-0.25, -0.2) is 8.42 Å². The maximum Gasteiger partial charge on any atom is 0.262 e. The summed E-state index contributed by atoms with van der Waals surface area (Å²) in [7, 11) is -2.45. The van der Waals surface area contributed by atoms with Crippen molar-refractivity contribution in [3.05, 3.63) is 36.4 Å². The van der Waals surface area contributed by atoms with Crippen molar-refractivity contribution in [1.29, 1.82) is 0 Å². The Kier molecular flexibility index (Phi) is 5.97. The molecule has 0 radical (unpaired) electrons. The third-order valence-corrected chi connectivity index (χ3v) is 4.64. The Hall–Kier alpha value is -2.61. The molecule has 8 heteroatoms. The smallest absolute Gasteiger partial charge is 0.262 e. The molecule has 0 atom stereocenters. The van der Waals surface area contributed by atoms with Crippen molar-refractivity contribution >= 4 is 15.7 Å². The van der Waals surface area contributed by atoms with Crippen LogP contribution in [-0.4, -0.2) is 33.8 Å². The predicted octanol–water partition coefficient (Wildman–Crippen LogP) is 3.00. The Balaban J connectivity index is 2.32. The minimum absolute atomic E-state index is 0.0229. The van der Waals surface area contributed by atoms with Crippen LogP contribution in [0.5, 0.6) is 23.0 Å². The number of benzene rings is 2. The number of phenolic OH excluding ortho intramolecular Hbond substituents is 1. The minimum atomic E-state index is -3.86. The van der Waals surface area contributed by atoms with Crippen LogP contribution in [0.2, 0.25) is 0 Å². The Morgan fingerprint density at radius 1 is 0.960 bits per heavy atom. The first-order valence-corrected chi connectivity index (χ1v) is 9.19. The summed E-state index contributed by atoms with van der Waals surface area (Å²) < 4.78 is 43.4. The first-order chi connectivity index (χ1) is 11.9. The van der Waals surface area contributed by atoms with Gasteiger partial charge in [-0.15, -0.1) is 0 Å². The number of hydrogen-bond donors (Lipinski definition) is 2. The van der Waals surface area contributed by atoms with E-state index < -0.39 is 10.0 Å². The number of nitrogens with one attached hydrogen (secondary N) is 1. The molecular weight excluding hydrogens is 346 g/mol. The molecule has 0 aliphatic heterocycles. The normalized spacial score (nSPS) is 11.0. The van der Waals surface area contributed by atoms with Gasteiger partial charge in [-0.3, -0.25) is 4.72 Å². The van der Waals surface area contributed by atoms with E-state index in [1.54, 1.807) is 13.0 Å². The molecule has 0 heterocycles. The second-order valence-corrected chi connectivity index (χ2v) is 6.65. The van der Waals surface area contributed by atoms with Crippen LogP contribution in [0.4, 0.5) is 5.69 Å². The molecule has 136 valence electrons. The van der Waals surface area contributed by atoms with Crippen LogP contribution in [0.1, 0.15) is 13.8 Å². The molecule has 7 nitrogen and oxygen atoms in total. The topological polar surface area (TPSA) is 94.1 Å². The summed E-state index contributed by atoms with van der Waals surface area (Å²) in [4.78, 5) is 0.0229. The van der Waals surface area contributed by atoms with Gasteiger partial charge >= 0.3 is 0 Å². The number of ether oxygens (including phenoxy) is 3. The summed E-state index contributed by atoms with van der Waals surface area (Å²) in [6.07, 6.45) is 0. The zero-order chi connectivity index (χ0) is 18.4. The Labute approximate surface area is 147 Å². The highest BCUT2D eigenvalue weighted by Crippen LogP contribution is 2.32. The van der Waals surface area contributed by atoms with Crippen molar-refractivity contribution in [1.82, 2.24) is 0 Å². The molecule has 0 bridgehead atoms. The average Bonchev–Trinajstić information content (AvgIpc) is 2.56. The van der Waals surface area contributed by atoms with E-state index in [0.29, 0.717) is 24.7 Å². The van der Waals surface area contributed by atoms with E-state index in [1.165, 1.54) is 37.4 Å². The minimum Gasteiger partial charge on any atom is -0.504 e. The van der Waals surface area contributed by atoms with Crippen molar-refractivity contribution in [2.75, 3.05) is 25.0 Å².